The number of hydrogen-bond acceptors (Lipinski definition) is 5. The number of pyridine rings is 1. The molecular formula is C23H30F3N3O2S. The fourth-order valence-electron chi connectivity index (χ4n) is 4.56. The third-order valence-corrected chi connectivity index (χ3v) is 8.72. The maximum Gasteiger partial charge on any atom is 0.417 e. The molecule has 32 heavy (non-hydrogen) atoms. The van der Waals surface area contributed by atoms with Crippen molar-refractivity contribution in [3.8, 4) is 0 Å². The van der Waals surface area contributed by atoms with E-state index in [1.807, 2.05) is 12.1 Å². The molecule has 1 aliphatic heterocycles. The second kappa shape index (κ2) is 9.29. The number of benzene rings is 1. The fourth-order valence-corrected chi connectivity index (χ4v) is 6.36. The third kappa shape index (κ3) is 5.19. The van der Waals surface area contributed by atoms with E-state index in [1.165, 1.54) is 25.3 Å². The number of halogens is 3. The lowest BCUT2D eigenvalue weighted by Gasteiger charge is -2.30. The van der Waals surface area contributed by atoms with Gasteiger partial charge < -0.3 is 10.2 Å². The molecule has 5 nitrogen and oxygen atoms in total. The molecule has 4 rings (SSSR count). The molecule has 0 amide bonds. The molecule has 2 aromatic rings. The van der Waals surface area contributed by atoms with Gasteiger partial charge in [-0.15, -0.1) is 0 Å². The number of hydrogen-bond donors (Lipinski definition) is 1. The molecule has 1 aromatic heterocycles. The minimum atomic E-state index is -4.41. The summed E-state index contributed by atoms with van der Waals surface area (Å²) in [5.74, 6) is 0.373. The monoisotopic (exact) mass is 469 g/mol. The van der Waals surface area contributed by atoms with Crippen LogP contribution in [0.4, 0.5) is 24.7 Å². The highest BCUT2D eigenvalue weighted by atomic mass is 32.2. The van der Waals surface area contributed by atoms with Gasteiger partial charge in [-0.3, -0.25) is 0 Å². The first-order valence-corrected chi connectivity index (χ1v) is 12.7. The van der Waals surface area contributed by atoms with E-state index in [4.69, 9.17) is 0 Å². The van der Waals surface area contributed by atoms with Crippen LogP contribution in [0.15, 0.2) is 47.5 Å². The summed E-state index contributed by atoms with van der Waals surface area (Å²) in [6.45, 7) is 2.02. The number of nitrogens with zero attached hydrogens (tertiary/aromatic N) is 2. The lowest BCUT2D eigenvalue weighted by atomic mass is 9.95. The van der Waals surface area contributed by atoms with Gasteiger partial charge in [0.2, 0.25) is 0 Å². The van der Waals surface area contributed by atoms with Crippen LogP contribution in [0.1, 0.15) is 51.9 Å². The third-order valence-electron chi connectivity index (χ3n) is 6.44. The quantitative estimate of drug-likeness (QED) is 0.624. The van der Waals surface area contributed by atoms with Crippen molar-refractivity contribution < 1.29 is 23.0 Å². The molecule has 0 atom stereocenters. The lowest BCUT2D eigenvalue weighted by molar-refractivity contribution is -0.137. The molecule has 2 aliphatic rings. The van der Waals surface area contributed by atoms with Crippen molar-refractivity contribution in [3.05, 3.63) is 48.2 Å². The molecule has 1 N–H and O–H groups in total. The highest BCUT2D eigenvalue weighted by Crippen LogP contribution is 2.32. The van der Waals surface area contributed by atoms with Gasteiger partial charge >= 0.3 is 6.18 Å². The zero-order valence-corrected chi connectivity index (χ0v) is 18.6. The second-order valence-corrected chi connectivity index (χ2v) is 10.9. The topological polar surface area (TPSA) is 62.3 Å². The summed E-state index contributed by atoms with van der Waals surface area (Å²) in [4.78, 5) is 6.51. The molecule has 1 saturated carbocycles. The molecule has 176 valence electrons. The van der Waals surface area contributed by atoms with Crippen molar-refractivity contribution in [3.63, 3.8) is 0 Å². The first-order valence-electron chi connectivity index (χ1n) is 11.1. The van der Waals surface area contributed by atoms with Gasteiger partial charge in [-0.1, -0.05) is 0 Å². The normalized spacial score (nSPS) is 22.5. The Kier molecular flexibility index (Phi) is 6.65. The van der Waals surface area contributed by atoms with Crippen molar-refractivity contribution in [1.29, 1.82) is 0 Å². The largest absolute Gasteiger partial charge is 0.417 e. The van der Waals surface area contributed by atoms with E-state index < -0.39 is 26.8 Å². The molecule has 9 heteroatoms. The van der Waals surface area contributed by atoms with Crippen molar-refractivity contribution in [1.82, 2.24) is 4.98 Å². The van der Waals surface area contributed by atoms with E-state index in [2.05, 4.69) is 15.2 Å². The number of anilines is 2. The average molecular weight is 470 g/mol. The van der Waals surface area contributed by atoms with Crippen LogP contribution in [0, 0.1) is 0 Å². The number of nitrogens with one attached hydrogen (secondary N) is 1. The smallest absolute Gasteiger partial charge is 0.372 e. The van der Waals surface area contributed by atoms with Gasteiger partial charge in [-0.2, -0.15) is 13.2 Å². The maximum absolute atomic E-state index is 13.1. The Morgan fingerprint density at radius 2 is 1.59 bits per heavy atom. The predicted octanol–water partition coefficient (Wildman–Crippen LogP) is 5.53. The minimum Gasteiger partial charge on any atom is -0.372 e. The Balaban J connectivity index is 0.00000306. The molecule has 0 spiro atoms. The van der Waals surface area contributed by atoms with E-state index >= 15 is 0 Å². The van der Waals surface area contributed by atoms with E-state index in [9.17, 15) is 21.6 Å². The van der Waals surface area contributed by atoms with Crippen LogP contribution in [0.25, 0.3) is 0 Å². The molecule has 1 aromatic carbocycles. The SMILES string of the molecule is O=S(=O)(c1ccc(N2CCCCC2)cc1)C1CCC(Nc2ccc(C(F)(F)F)cn2)CC1.[HH]. The van der Waals surface area contributed by atoms with Gasteiger partial charge in [0.05, 0.1) is 15.7 Å². The Bertz CT molecular complexity index is 1000. The Labute approximate surface area is 188 Å². The van der Waals surface area contributed by atoms with Crippen molar-refractivity contribution in [2.75, 3.05) is 23.3 Å². The number of aromatic nitrogens is 1. The standard InChI is InChI=1S/C23H28F3N3O2S.H2/c24-23(25,26)17-4-13-22(27-16-17)28-18-5-9-20(10-6-18)32(30,31)21-11-7-19(8-12-21)29-14-2-1-3-15-29;/h4,7-8,11-13,16,18,20H,1-3,5-6,9-10,14-15H2,(H,27,28);1H. The first-order chi connectivity index (χ1) is 15.2. The highest BCUT2D eigenvalue weighted by molar-refractivity contribution is 7.92. The van der Waals surface area contributed by atoms with Gasteiger partial charge in [0.25, 0.3) is 0 Å². The Hall–Kier alpha value is -2.29. The number of piperidine rings is 1. The molecule has 0 radical (unpaired) electrons. The Morgan fingerprint density at radius 1 is 0.938 bits per heavy atom. The summed E-state index contributed by atoms with van der Waals surface area (Å²) in [6.07, 6.45) is 2.24. The molecule has 0 unspecified atom stereocenters. The Morgan fingerprint density at radius 3 is 2.16 bits per heavy atom. The highest BCUT2D eigenvalue weighted by Gasteiger charge is 2.33. The zero-order chi connectivity index (χ0) is 22.8. The molecule has 2 fully saturated rings. The number of alkyl halides is 3. The summed E-state index contributed by atoms with van der Waals surface area (Å²) < 4.78 is 64.2. The summed E-state index contributed by atoms with van der Waals surface area (Å²) in [5, 5.41) is 2.69. The zero-order valence-electron chi connectivity index (χ0n) is 17.8. The molecule has 2 heterocycles. The molecule has 1 aliphatic carbocycles. The van der Waals surface area contributed by atoms with Crippen LogP contribution < -0.4 is 10.2 Å². The van der Waals surface area contributed by atoms with Crippen LogP contribution in [-0.2, 0) is 16.0 Å². The van der Waals surface area contributed by atoms with Crippen LogP contribution in [0.5, 0.6) is 0 Å². The minimum absolute atomic E-state index is 0. The van der Waals surface area contributed by atoms with Crippen LogP contribution >= 0.6 is 0 Å². The van der Waals surface area contributed by atoms with E-state index in [-0.39, 0.29) is 7.47 Å². The number of rotatable bonds is 5. The fraction of sp³-hybridized carbons (Fsp3) is 0.522. The van der Waals surface area contributed by atoms with E-state index in [0.717, 1.165) is 31.0 Å². The van der Waals surface area contributed by atoms with Gasteiger partial charge in [-0.25, -0.2) is 13.4 Å². The van der Waals surface area contributed by atoms with Crippen LogP contribution in [0.3, 0.4) is 0 Å². The van der Waals surface area contributed by atoms with Crippen molar-refractivity contribution in [2.45, 2.75) is 67.3 Å². The summed E-state index contributed by atoms with van der Waals surface area (Å²) in [7, 11) is -3.41. The van der Waals surface area contributed by atoms with Gasteiger partial charge in [0.1, 0.15) is 5.82 Å². The average Bonchev–Trinajstić information content (AvgIpc) is 2.80. The summed E-state index contributed by atoms with van der Waals surface area (Å²) in [5.41, 5.74) is 0.282. The second-order valence-electron chi connectivity index (χ2n) is 8.63. The van der Waals surface area contributed by atoms with Gasteiger partial charge in [0, 0.05) is 32.4 Å². The van der Waals surface area contributed by atoms with E-state index in [0.29, 0.717) is 36.4 Å². The first kappa shape index (κ1) is 22.9. The summed E-state index contributed by atoms with van der Waals surface area (Å²) >= 11 is 0. The summed E-state index contributed by atoms with van der Waals surface area (Å²) in [6, 6.07) is 9.55. The molecule has 1 saturated heterocycles. The van der Waals surface area contributed by atoms with Crippen molar-refractivity contribution >= 4 is 21.3 Å². The predicted molar refractivity (Wildman–Crippen MR) is 121 cm³/mol. The van der Waals surface area contributed by atoms with Crippen LogP contribution in [-0.4, -0.2) is 37.8 Å². The van der Waals surface area contributed by atoms with Gasteiger partial charge in [0.15, 0.2) is 9.84 Å². The maximum atomic E-state index is 13.1. The van der Waals surface area contributed by atoms with Crippen LogP contribution in [0.2, 0.25) is 0 Å². The van der Waals surface area contributed by atoms with E-state index in [1.54, 1.807) is 12.1 Å². The number of sulfone groups is 1. The van der Waals surface area contributed by atoms with Crippen molar-refractivity contribution in [2.24, 2.45) is 0 Å². The molecular weight excluding hydrogens is 439 g/mol. The lowest BCUT2D eigenvalue weighted by Crippen LogP contribution is -2.33. The molecule has 0 bridgehead atoms. The van der Waals surface area contributed by atoms with Gasteiger partial charge in [-0.05, 0) is 81.3 Å².